The number of carbonyl (C=O) groups is 2. The lowest BCUT2D eigenvalue weighted by atomic mass is 10.2. The molecule has 8 nitrogen and oxygen atoms in total. The molecule has 0 spiro atoms. The van der Waals surface area contributed by atoms with Gasteiger partial charge in [-0.25, -0.2) is 9.97 Å². The number of para-hydroxylation sites is 3. The highest BCUT2D eigenvalue weighted by Crippen LogP contribution is 2.26. The standard InChI is InChI=1S/C19H15ClN6O2/c1-10-5-4-6-11(20)14(10)25-17(27)15-16(22-9-21-15)18(28)26-19-23-12-7-2-3-8-13(12)24-19/h2-9H,1H3,(H,21,22)(H,25,27)(H2,23,24,26,28). The van der Waals surface area contributed by atoms with Gasteiger partial charge in [-0.3, -0.25) is 14.9 Å². The molecule has 2 heterocycles. The zero-order valence-corrected chi connectivity index (χ0v) is 15.5. The number of hydrogen-bond donors (Lipinski definition) is 4. The molecule has 4 N–H and O–H groups in total. The average Bonchev–Trinajstić information content (AvgIpc) is 3.31. The number of H-pyrrole nitrogens is 2. The molecule has 0 bridgehead atoms. The van der Waals surface area contributed by atoms with E-state index < -0.39 is 11.8 Å². The van der Waals surface area contributed by atoms with Crippen LogP contribution in [-0.2, 0) is 0 Å². The largest absolute Gasteiger partial charge is 0.340 e. The van der Waals surface area contributed by atoms with Crippen molar-refractivity contribution in [3.05, 3.63) is 70.8 Å². The Hall–Kier alpha value is -3.65. The summed E-state index contributed by atoms with van der Waals surface area (Å²) in [6.07, 6.45) is 1.28. The van der Waals surface area contributed by atoms with Crippen molar-refractivity contribution < 1.29 is 9.59 Å². The summed E-state index contributed by atoms with van der Waals surface area (Å²) < 4.78 is 0. The lowest BCUT2D eigenvalue weighted by molar-refractivity contribution is 0.0985. The van der Waals surface area contributed by atoms with E-state index in [9.17, 15) is 9.59 Å². The Morgan fingerprint density at radius 1 is 1.04 bits per heavy atom. The Morgan fingerprint density at radius 3 is 2.64 bits per heavy atom. The number of benzene rings is 2. The number of hydrogen-bond acceptors (Lipinski definition) is 4. The molecule has 0 saturated heterocycles. The molecule has 0 atom stereocenters. The number of nitrogens with zero attached hydrogens (tertiary/aromatic N) is 2. The molecule has 2 amide bonds. The van der Waals surface area contributed by atoms with Gasteiger partial charge in [-0.15, -0.1) is 0 Å². The van der Waals surface area contributed by atoms with Crippen LogP contribution in [0.4, 0.5) is 11.6 Å². The predicted octanol–water partition coefficient (Wildman–Crippen LogP) is 3.75. The molecule has 9 heteroatoms. The van der Waals surface area contributed by atoms with Crippen LogP contribution in [0.3, 0.4) is 0 Å². The van der Waals surface area contributed by atoms with Crippen molar-refractivity contribution in [2.45, 2.75) is 6.92 Å². The van der Waals surface area contributed by atoms with Gasteiger partial charge < -0.3 is 15.3 Å². The highest BCUT2D eigenvalue weighted by Gasteiger charge is 2.22. The molecule has 140 valence electrons. The zero-order valence-electron chi connectivity index (χ0n) is 14.7. The van der Waals surface area contributed by atoms with Crippen LogP contribution in [0.25, 0.3) is 11.0 Å². The van der Waals surface area contributed by atoms with E-state index >= 15 is 0 Å². The van der Waals surface area contributed by atoms with Gasteiger partial charge in [-0.05, 0) is 30.7 Å². The maximum absolute atomic E-state index is 12.6. The van der Waals surface area contributed by atoms with E-state index in [2.05, 4.69) is 30.6 Å². The molecule has 0 fully saturated rings. The minimum absolute atomic E-state index is 0.0164. The summed E-state index contributed by atoms with van der Waals surface area (Å²) in [5, 5.41) is 5.74. The number of imidazole rings is 2. The Kier molecular flexibility index (Phi) is 4.54. The fourth-order valence-electron chi connectivity index (χ4n) is 2.78. The number of fused-ring (bicyclic) bond motifs is 1. The van der Waals surface area contributed by atoms with Crippen LogP contribution in [0.15, 0.2) is 48.8 Å². The second-order valence-electron chi connectivity index (χ2n) is 6.07. The van der Waals surface area contributed by atoms with Gasteiger partial charge in [0.2, 0.25) is 5.95 Å². The van der Waals surface area contributed by atoms with E-state index in [1.54, 1.807) is 12.1 Å². The topological polar surface area (TPSA) is 116 Å². The van der Waals surface area contributed by atoms with Gasteiger partial charge in [0.1, 0.15) is 5.69 Å². The van der Waals surface area contributed by atoms with Gasteiger partial charge in [0, 0.05) is 0 Å². The number of aromatic amines is 2. The third-order valence-electron chi connectivity index (χ3n) is 4.16. The normalized spacial score (nSPS) is 10.8. The lowest BCUT2D eigenvalue weighted by Gasteiger charge is -2.10. The van der Waals surface area contributed by atoms with Crippen LogP contribution < -0.4 is 10.6 Å². The summed E-state index contributed by atoms with van der Waals surface area (Å²) in [4.78, 5) is 39.2. The first-order valence-corrected chi connectivity index (χ1v) is 8.76. The zero-order chi connectivity index (χ0) is 19.7. The minimum atomic E-state index is -0.549. The van der Waals surface area contributed by atoms with Gasteiger partial charge in [-0.1, -0.05) is 35.9 Å². The summed E-state index contributed by atoms with van der Waals surface area (Å²) in [5.41, 5.74) is 2.74. The molecule has 0 radical (unpaired) electrons. The van der Waals surface area contributed by atoms with E-state index in [4.69, 9.17) is 11.6 Å². The molecule has 0 aliphatic rings. The molecule has 4 rings (SSSR count). The number of anilines is 2. The SMILES string of the molecule is Cc1cccc(Cl)c1NC(=O)c1nc[nH]c1C(=O)Nc1nc2ccccc2[nH]1. The van der Waals surface area contributed by atoms with Crippen molar-refractivity contribution >= 4 is 46.1 Å². The Bertz CT molecular complexity index is 1140. The molecule has 2 aromatic carbocycles. The summed E-state index contributed by atoms with van der Waals surface area (Å²) in [5.74, 6) is -0.820. The smallest absolute Gasteiger partial charge is 0.276 e. The van der Waals surface area contributed by atoms with Crippen LogP contribution in [0.1, 0.15) is 26.5 Å². The minimum Gasteiger partial charge on any atom is -0.340 e. The number of nitrogens with one attached hydrogen (secondary N) is 4. The Balaban J connectivity index is 1.56. The molecule has 0 unspecified atom stereocenters. The average molecular weight is 395 g/mol. The number of carbonyl (C=O) groups excluding carboxylic acids is 2. The van der Waals surface area contributed by atoms with Crippen molar-refractivity contribution in [3.8, 4) is 0 Å². The van der Waals surface area contributed by atoms with Crippen molar-refractivity contribution in [2.24, 2.45) is 0 Å². The molecule has 28 heavy (non-hydrogen) atoms. The van der Waals surface area contributed by atoms with Crippen LogP contribution in [0.5, 0.6) is 0 Å². The van der Waals surface area contributed by atoms with Crippen LogP contribution in [0, 0.1) is 6.92 Å². The Morgan fingerprint density at radius 2 is 1.86 bits per heavy atom. The van der Waals surface area contributed by atoms with Crippen molar-refractivity contribution in [2.75, 3.05) is 10.6 Å². The fraction of sp³-hybridized carbons (Fsp3) is 0.0526. The van der Waals surface area contributed by atoms with Crippen LogP contribution in [-0.4, -0.2) is 31.8 Å². The number of rotatable bonds is 4. The quantitative estimate of drug-likeness (QED) is 0.421. The maximum Gasteiger partial charge on any atom is 0.276 e. The molecular weight excluding hydrogens is 380 g/mol. The van der Waals surface area contributed by atoms with E-state index in [1.165, 1.54) is 6.33 Å². The first-order chi connectivity index (χ1) is 13.5. The molecule has 4 aromatic rings. The summed E-state index contributed by atoms with van der Waals surface area (Å²) >= 11 is 6.15. The van der Waals surface area contributed by atoms with E-state index in [-0.39, 0.29) is 17.3 Å². The highest BCUT2D eigenvalue weighted by atomic mass is 35.5. The van der Waals surface area contributed by atoms with E-state index in [1.807, 2.05) is 37.3 Å². The Labute approximate surface area is 164 Å². The number of aryl methyl sites for hydroxylation is 1. The first kappa shape index (κ1) is 17.7. The number of amides is 2. The second kappa shape index (κ2) is 7.16. The molecule has 2 aromatic heterocycles. The van der Waals surface area contributed by atoms with Gasteiger partial charge in [0.15, 0.2) is 5.69 Å². The highest BCUT2D eigenvalue weighted by molar-refractivity contribution is 6.34. The summed E-state index contributed by atoms with van der Waals surface area (Å²) in [6.45, 7) is 1.82. The maximum atomic E-state index is 12.6. The monoisotopic (exact) mass is 394 g/mol. The van der Waals surface area contributed by atoms with Crippen LogP contribution in [0.2, 0.25) is 5.02 Å². The lowest BCUT2D eigenvalue weighted by Crippen LogP contribution is -2.21. The number of halogens is 1. The van der Waals surface area contributed by atoms with Crippen LogP contribution >= 0.6 is 11.6 Å². The molecule has 0 saturated carbocycles. The predicted molar refractivity (Wildman–Crippen MR) is 107 cm³/mol. The molecule has 0 aliphatic carbocycles. The first-order valence-electron chi connectivity index (χ1n) is 8.39. The fourth-order valence-corrected chi connectivity index (χ4v) is 3.05. The van der Waals surface area contributed by atoms with Gasteiger partial charge in [0.25, 0.3) is 11.8 Å². The second-order valence-corrected chi connectivity index (χ2v) is 6.48. The third kappa shape index (κ3) is 3.33. The van der Waals surface area contributed by atoms with Crippen molar-refractivity contribution in [1.82, 2.24) is 19.9 Å². The van der Waals surface area contributed by atoms with Crippen molar-refractivity contribution in [1.29, 1.82) is 0 Å². The van der Waals surface area contributed by atoms with E-state index in [0.717, 1.165) is 16.6 Å². The van der Waals surface area contributed by atoms with E-state index in [0.29, 0.717) is 10.7 Å². The summed E-state index contributed by atoms with van der Waals surface area (Å²) in [6, 6.07) is 12.7. The van der Waals surface area contributed by atoms with Gasteiger partial charge >= 0.3 is 0 Å². The molecule has 0 aliphatic heterocycles. The summed E-state index contributed by atoms with van der Waals surface area (Å²) in [7, 11) is 0. The van der Waals surface area contributed by atoms with Gasteiger partial charge in [0.05, 0.1) is 28.1 Å². The number of aromatic nitrogens is 4. The molecular formula is C19H15ClN6O2. The van der Waals surface area contributed by atoms with Gasteiger partial charge in [-0.2, -0.15) is 0 Å². The third-order valence-corrected chi connectivity index (χ3v) is 4.48. The van der Waals surface area contributed by atoms with Crippen molar-refractivity contribution in [3.63, 3.8) is 0 Å².